The van der Waals surface area contributed by atoms with Gasteiger partial charge < -0.3 is 4.90 Å². The van der Waals surface area contributed by atoms with Gasteiger partial charge in [-0.15, -0.1) is 0 Å². The summed E-state index contributed by atoms with van der Waals surface area (Å²) in [5.74, 6) is 0.803. The number of amides is 1. The maximum Gasteiger partial charge on any atom is 0.253 e. The monoisotopic (exact) mass is 204 g/mol. The standard InChI is InChI=1S/C12H16N2O/c1-9(10-3-4-10)14(2)12(15)11-5-7-13-8-6-11/h5-10H,3-4H2,1-2H3. The summed E-state index contributed by atoms with van der Waals surface area (Å²) in [6.07, 6.45) is 5.83. The van der Waals surface area contributed by atoms with Gasteiger partial charge in [-0.05, 0) is 37.8 Å². The molecule has 1 amide bonds. The van der Waals surface area contributed by atoms with E-state index in [1.54, 1.807) is 24.5 Å². The Labute approximate surface area is 90.1 Å². The smallest absolute Gasteiger partial charge is 0.253 e. The average molecular weight is 204 g/mol. The average Bonchev–Trinajstić information content (AvgIpc) is 3.11. The fourth-order valence-electron chi connectivity index (χ4n) is 1.78. The Morgan fingerprint density at radius 1 is 1.47 bits per heavy atom. The van der Waals surface area contributed by atoms with Gasteiger partial charge >= 0.3 is 0 Å². The van der Waals surface area contributed by atoms with Gasteiger partial charge in [-0.2, -0.15) is 0 Å². The van der Waals surface area contributed by atoms with Crippen molar-refractivity contribution in [1.82, 2.24) is 9.88 Å². The van der Waals surface area contributed by atoms with Crippen LogP contribution < -0.4 is 0 Å². The highest BCUT2D eigenvalue weighted by molar-refractivity contribution is 5.94. The van der Waals surface area contributed by atoms with Crippen molar-refractivity contribution in [2.24, 2.45) is 5.92 Å². The number of hydrogen-bond donors (Lipinski definition) is 0. The molecular formula is C12H16N2O. The van der Waals surface area contributed by atoms with Crippen molar-refractivity contribution in [3.8, 4) is 0 Å². The quantitative estimate of drug-likeness (QED) is 0.754. The Hall–Kier alpha value is -1.38. The van der Waals surface area contributed by atoms with Crippen molar-refractivity contribution in [3.05, 3.63) is 30.1 Å². The summed E-state index contributed by atoms with van der Waals surface area (Å²) >= 11 is 0. The van der Waals surface area contributed by atoms with Crippen LogP contribution in [0.25, 0.3) is 0 Å². The van der Waals surface area contributed by atoms with Gasteiger partial charge in [0.1, 0.15) is 0 Å². The molecule has 1 aromatic heterocycles. The maximum absolute atomic E-state index is 12.0. The van der Waals surface area contributed by atoms with E-state index in [-0.39, 0.29) is 5.91 Å². The van der Waals surface area contributed by atoms with Crippen LogP contribution in [0.1, 0.15) is 30.1 Å². The van der Waals surface area contributed by atoms with Crippen LogP contribution in [-0.2, 0) is 0 Å². The summed E-state index contributed by atoms with van der Waals surface area (Å²) < 4.78 is 0. The molecule has 1 aromatic rings. The summed E-state index contributed by atoms with van der Waals surface area (Å²) in [6.45, 7) is 2.12. The molecule has 1 aliphatic carbocycles. The molecule has 0 N–H and O–H groups in total. The van der Waals surface area contributed by atoms with Crippen LogP contribution in [0.2, 0.25) is 0 Å². The van der Waals surface area contributed by atoms with Crippen LogP contribution in [-0.4, -0.2) is 28.9 Å². The number of rotatable bonds is 3. The molecule has 2 rings (SSSR count). The van der Waals surface area contributed by atoms with Gasteiger partial charge in [-0.25, -0.2) is 0 Å². The van der Waals surface area contributed by atoms with Gasteiger partial charge in [-0.1, -0.05) is 0 Å². The fourth-order valence-corrected chi connectivity index (χ4v) is 1.78. The van der Waals surface area contributed by atoms with Gasteiger partial charge in [0.25, 0.3) is 5.91 Å². The van der Waals surface area contributed by atoms with Crippen LogP contribution in [0, 0.1) is 5.92 Å². The summed E-state index contributed by atoms with van der Waals surface area (Å²) in [5.41, 5.74) is 0.722. The van der Waals surface area contributed by atoms with Crippen LogP contribution >= 0.6 is 0 Å². The molecule has 0 aromatic carbocycles. The van der Waals surface area contributed by atoms with E-state index >= 15 is 0 Å². The van der Waals surface area contributed by atoms with Gasteiger partial charge in [0, 0.05) is 31.0 Å². The van der Waals surface area contributed by atoms with Crippen molar-refractivity contribution >= 4 is 5.91 Å². The number of carbonyl (C=O) groups excluding carboxylic acids is 1. The summed E-state index contributed by atoms with van der Waals surface area (Å²) in [6, 6.07) is 3.88. The fraction of sp³-hybridized carbons (Fsp3) is 0.500. The van der Waals surface area contributed by atoms with Crippen molar-refractivity contribution < 1.29 is 4.79 Å². The highest BCUT2D eigenvalue weighted by atomic mass is 16.2. The molecule has 0 radical (unpaired) electrons. The Bertz CT molecular complexity index is 346. The highest BCUT2D eigenvalue weighted by Crippen LogP contribution is 2.34. The molecule has 1 aliphatic rings. The van der Waals surface area contributed by atoms with E-state index in [4.69, 9.17) is 0 Å². The Morgan fingerprint density at radius 2 is 2.07 bits per heavy atom. The molecule has 15 heavy (non-hydrogen) atoms. The number of aromatic nitrogens is 1. The first-order valence-electron chi connectivity index (χ1n) is 5.37. The second-order valence-corrected chi connectivity index (χ2v) is 4.23. The zero-order chi connectivity index (χ0) is 10.8. The van der Waals surface area contributed by atoms with E-state index in [1.807, 2.05) is 11.9 Å². The minimum Gasteiger partial charge on any atom is -0.339 e. The lowest BCUT2D eigenvalue weighted by molar-refractivity contribution is 0.0727. The lowest BCUT2D eigenvalue weighted by atomic mass is 10.1. The topological polar surface area (TPSA) is 33.2 Å². The van der Waals surface area contributed by atoms with Crippen LogP contribution in [0.5, 0.6) is 0 Å². The van der Waals surface area contributed by atoms with Gasteiger partial charge in [0.15, 0.2) is 0 Å². The zero-order valence-electron chi connectivity index (χ0n) is 9.18. The second kappa shape index (κ2) is 4.01. The third kappa shape index (κ3) is 2.17. The summed E-state index contributed by atoms with van der Waals surface area (Å²) in [4.78, 5) is 17.8. The van der Waals surface area contributed by atoms with Crippen molar-refractivity contribution in [1.29, 1.82) is 0 Å². The van der Waals surface area contributed by atoms with E-state index < -0.39 is 0 Å². The molecule has 1 unspecified atom stereocenters. The molecule has 0 aliphatic heterocycles. The van der Waals surface area contributed by atoms with Crippen molar-refractivity contribution in [3.63, 3.8) is 0 Å². The van der Waals surface area contributed by atoms with Gasteiger partial charge in [0.05, 0.1) is 0 Å². The number of hydrogen-bond acceptors (Lipinski definition) is 2. The molecule has 1 atom stereocenters. The predicted molar refractivity (Wildman–Crippen MR) is 58.5 cm³/mol. The SMILES string of the molecule is CC(C1CC1)N(C)C(=O)c1ccncc1. The lowest BCUT2D eigenvalue weighted by Crippen LogP contribution is -2.36. The lowest BCUT2D eigenvalue weighted by Gasteiger charge is -2.24. The zero-order valence-corrected chi connectivity index (χ0v) is 9.18. The minimum atomic E-state index is 0.0943. The Morgan fingerprint density at radius 3 is 2.60 bits per heavy atom. The molecule has 0 saturated heterocycles. The third-order valence-corrected chi connectivity index (χ3v) is 3.16. The largest absolute Gasteiger partial charge is 0.339 e. The Balaban J connectivity index is 2.07. The first-order chi connectivity index (χ1) is 7.20. The summed E-state index contributed by atoms with van der Waals surface area (Å²) in [7, 11) is 1.88. The van der Waals surface area contributed by atoms with Crippen molar-refractivity contribution in [2.75, 3.05) is 7.05 Å². The first kappa shape index (κ1) is 10.1. The second-order valence-electron chi connectivity index (χ2n) is 4.23. The molecule has 0 spiro atoms. The van der Waals surface area contributed by atoms with Crippen LogP contribution in [0.3, 0.4) is 0 Å². The number of pyridine rings is 1. The molecule has 0 bridgehead atoms. The van der Waals surface area contributed by atoms with Gasteiger partial charge in [0.2, 0.25) is 0 Å². The number of carbonyl (C=O) groups is 1. The van der Waals surface area contributed by atoms with Crippen LogP contribution in [0.4, 0.5) is 0 Å². The normalized spacial score (nSPS) is 17.2. The molecule has 3 heteroatoms. The van der Waals surface area contributed by atoms with Crippen molar-refractivity contribution in [2.45, 2.75) is 25.8 Å². The van der Waals surface area contributed by atoms with E-state index in [0.29, 0.717) is 12.0 Å². The summed E-state index contributed by atoms with van der Waals surface area (Å²) in [5, 5.41) is 0. The van der Waals surface area contributed by atoms with Gasteiger partial charge in [-0.3, -0.25) is 9.78 Å². The molecule has 1 heterocycles. The van der Waals surface area contributed by atoms with E-state index in [9.17, 15) is 4.79 Å². The van der Waals surface area contributed by atoms with E-state index in [0.717, 1.165) is 5.56 Å². The number of nitrogens with zero attached hydrogens (tertiary/aromatic N) is 2. The first-order valence-corrected chi connectivity index (χ1v) is 5.37. The van der Waals surface area contributed by atoms with E-state index in [1.165, 1.54) is 12.8 Å². The Kier molecular flexibility index (Phi) is 2.71. The predicted octanol–water partition coefficient (Wildman–Crippen LogP) is 1.95. The molecule has 1 fully saturated rings. The van der Waals surface area contributed by atoms with Crippen LogP contribution in [0.15, 0.2) is 24.5 Å². The molecule has 1 saturated carbocycles. The van der Waals surface area contributed by atoms with E-state index in [2.05, 4.69) is 11.9 Å². The molecule has 80 valence electrons. The minimum absolute atomic E-state index is 0.0943. The maximum atomic E-state index is 12.0. The molecule has 3 nitrogen and oxygen atoms in total. The highest BCUT2D eigenvalue weighted by Gasteiger charge is 2.32. The third-order valence-electron chi connectivity index (χ3n) is 3.16. The molecular weight excluding hydrogens is 188 g/mol.